The first-order valence-corrected chi connectivity index (χ1v) is 34.3. The van der Waals surface area contributed by atoms with Gasteiger partial charge in [-0.15, -0.1) is 0 Å². The number of rotatable bonds is 63. The zero-order valence-electron chi connectivity index (χ0n) is 52.2. The Labute approximate surface area is 485 Å². The maximum absolute atomic E-state index is 12.9. The molecule has 6 nitrogen and oxygen atoms in total. The Hall–Kier alpha value is -2.89. The van der Waals surface area contributed by atoms with Gasteiger partial charge in [0.1, 0.15) is 13.2 Å². The Balaban J connectivity index is 4.01. The molecule has 0 spiro atoms. The number of ether oxygens (including phenoxy) is 3. The fraction of sp³-hybridized carbons (Fsp3) is 0.819. The van der Waals surface area contributed by atoms with Crippen molar-refractivity contribution in [3.8, 4) is 0 Å². The second-order valence-corrected chi connectivity index (χ2v) is 23.1. The summed E-state index contributed by atoms with van der Waals surface area (Å²) in [5.74, 6) is -0.859. The Bertz CT molecular complexity index is 1390. The van der Waals surface area contributed by atoms with Crippen LogP contribution in [0.25, 0.3) is 0 Å². The standard InChI is InChI=1S/C72H130O6/c1-4-7-10-13-16-19-22-24-26-27-28-29-30-31-32-33-34-35-36-37-38-39-40-41-42-43-44-45-47-48-50-53-56-59-62-65-71(74)77-68-69(67-76-70(73)64-61-58-55-52-21-18-15-12-9-6-3)78-72(75)66-63-60-57-54-51-49-46-25-23-20-17-14-11-8-5-2/h7,10,16,19,24-26,28-29,46,69H,4-6,8-9,11-15,17-18,20-23,27,30-45,47-68H2,1-3H3/b10-7-,19-16-,26-24-,29-28-,46-25-. The molecule has 454 valence electrons. The van der Waals surface area contributed by atoms with E-state index in [-0.39, 0.29) is 31.1 Å². The topological polar surface area (TPSA) is 78.9 Å². The molecule has 0 aliphatic rings. The van der Waals surface area contributed by atoms with Gasteiger partial charge in [0.05, 0.1) is 0 Å². The van der Waals surface area contributed by atoms with Gasteiger partial charge in [0.25, 0.3) is 0 Å². The highest BCUT2D eigenvalue weighted by atomic mass is 16.6. The molecule has 0 aromatic heterocycles. The molecule has 0 saturated carbocycles. The fourth-order valence-electron chi connectivity index (χ4n) is 10.1. The maximum atomic E-state index is 12.9. The molecule has 0 saturated heterocycles. The van der Waals surface area contributed by atoms with Crippen molar-refractivity contribution in [2.24, 2.45) is 0 Å². The van der Waals surface area contributed by atoms with Crippen LogP contribution in [0.3, 0.4) is 0 Å². The molecule has 0 fully saturated rings. The third-order valence-electron chi connectivity index (χ3n) is 15.3. The molecule has 0 heterocycles. The molecule has 0 aliphatic heterocycles. The summed E-state index contributed by atoms with van der Waals surface area (Å²) in [5.41, 5.74) is 0. The minimum atomic E-state index is -0.773. The van der Waals surface area contributed by atoms with Gasteiger partial charge in [-0.1, -0.05) is 319 Å². The van der Waals surface area contributed by atoms with Crippen LogP contribution in [0.2, 0.25) is 0 Å². The molecule has 0 radical (unpaired) electrons. The van der Waals surface area contributed by atoms with Crippen LogP contribution in [0.15, 0.2) is 60.8 Å². The van der Waals surface area contributed by atoms with Crippen LogP contribution >= 0.6 is 0 Å². The van der Waals surface area contributed by atoms with Crippen LogP contribution in [0, 0.1) is 0 Å². The average molecular weight is 1090 g/mol. The van der Waals surface area contributed by atoms with Gasteiger partial charge in [0.15, 0.2) is 6.10 Å². The first-order chi connectivity index (χ1) is 38.5. The van der Waals surface area contributed by atoms with E-state index in [1.54, 1.807) is 0 Å². The van der Waals surface area contributed by atoms with Gasteiger partial charge in [-0.25, -0.2) is 0 Å². The lowest BCUT2D eigenvalue weighted by Crippen LogP contribution is -2.30. The average Bonchev–Trinajstić information content (AvgIpc) is 3.44. The Morgan fingerprint density at radius 2 is 0.500 bits per heavy atom. The van der Waals surface area contributed by atoms with Crippen molar-refractivity contribution < 1.29 is 28.6 Å². The molecular formula is C72H130O6. The van der Waals surface area contributed by atoms with E-state index in [0.717, 1.165) is 89.9 Å². The van der Waals surface area contributed by atoms with E-state index in [0.29, 0.717) is 19.3 Å². The SMILES string of the molecule is CC/C=C\C/C=C\C/C=C\C/C=C\CCCCCCCCCCCCCCCCCCCCCCCCC(=O)OCC(COC(=O)CCCCCCCCCCCC)OC(=O)CCCCCCC/C=C\CCCCCCCC. The third kappa shape index (κ3) is 63.9. The van der Waals surface area contributed by atoms with Crippen LogP contribution in [0.4, 0.5) is 0 Å². The number of esters is 3. The molecule has 0 aromatic rings. The summed E-state index contributed by atoms with van der Waals surface area (Å²) in [6.07, 6.45) is 85.5. The number of carbonyl (C=O) groups is 3. The van der Waals surface area contributed by atoms with Gasteiger partial charge in [-0.2, -0.15) is 0 Å². The second kappa shape index (κ2) is 66.6. The van der Waals surface area contributed by atoms with Crippen LogP contribution in [-0.4, -0.2) is 37.2 Å². The van der Waals surface area contributed by atoms with E-state index in [4.69, 9.17) is 14.2 Å². The number of hydrogen-bond donors (Lipinski definition) is 0. The van der Waals surface area contributed by atoms with E-state index in [1.165, 1.54) is 231 Å². The Morgan fingerprint density at radius 3 is 0.795 bits per heavy atom. The quantitative estimate of drug-likeness (QED) is 0.0261. The number of unbranched alkanes of at least 4 members (excludes halogenated alkanes) is 42. The largest absolute Gasteiger partial charge is 0.462 e. The lowest BCUT2D eigenvalue weighted by Gasteiger charge is -2.18. The zero-order chi connectivity index (χ0) is 56.4. The highest BCUT2D eigenvalue weighted by Crippen LogP contribution is 2.18. The van der Waals surface area contributed by atoms with Gasteiger partial charge in [-0.05, 0) is 83.5 Å². The maximum Gasteiger partial charge on any atom is 0.306 e. The lowest BCUT2D eigenvalue weighted by atomic mass is 10.0. The molecule has 1 atom stereocenters. The summed E-state index contributed by atoms with van der Waals surface area (Å²) >= 11 is 0. The summed E-state index contributed by atoms with van der Waals surface area (Å²) in [6, 6.07) is 0. The lowest BCUT2D eigenvalue weighted by molar-refractivity contribution is -0.167. The van der Waals surface area contributed by atoms with Crippen molar-refractivity contribution in [1.29, 1.82) is 0 Å². The summed E-state index contributed by atoms with van der Waals surface area (Å²) in [6.45, 7) is 6.55. The van der Waals surface area contributed by atoms with Crippen molar-refractivity contribution in [3.05, 3.63) is 60.8 Å². The van der Waals surface area contributed by atoms with Gasteiger partial charge in [0, 0.05) is 19.3 Å². The first-order valence-electron chi connectivity index (χ1n) is 34.3. The number of carbonyl (C=O) groups excluding carboxylic acids is 3. The van der Waals surface area contributed by atoms with Crippen LogP contribution in [0.1, 0.15) is 361 Å². The second-order valence-electron chi connectivity index (χ2n) is 23.1. The minimum Gasteiger partial charge on any atom is -0.462 e. The molecule has 0 aliphatic carbocycles. The van der Waals surface area contributed by atoms with Gasteiger partial charge in [-0.3, -0.25) is 14.4 Å². The van der Waals surface area contributed by atoms with Crippen molar-refractivity contribution in [3.63, 3.8) is 0 Å². The van der Waals surface area contributed by atoms with E-state index >= 15 is 0 Å². The fourth-order valence-corrected chi connectivity index (χ4v) is 10.1. The van der Waals surface area contributed by atoms with Crippen molar-refractivity contribution >= 4 is 17.9 Å². The molecular weight excluding hydrogens is 961 g/mol. The van der Waals surface area contributed by atoms with E-state index in [1.807, 2.05) is 0 Å². The van der Waals surface area contributed by atoms with Crippen LogP contribution in [-0.2, 0) is 28.6 Å². The van der Waals surface area contributed by atoms with E-state index in [9.17, 15) is 14.4 Å². The predicted octanol–water partition coefficient (Wildman–Crippen LogP) is 23.5. The van der Waals surface area contributed by atoms with Gasteiger partial charge >= 0.3 is 17.9 Å². The smallest absolute Gasteiger partial charge is 0.306 e. The van der Waals surface area contributed by atoms with E-state index in [2.05, 4.69) is 81.5 Å². The van der Waals surface area contributed by atoms with Crippen molar-refractivity contribution in [1.82, 2.24) is 0 Å². The molecule has 0 aromatic carbocycles. The van der Waals surface area contributed by atoms with Crippen LogP contribution < -0.4 is 0 Å². The highest BCUT2D eigenvalue weighted by Gasteiger charge is 2.19. The van der Waals surface area contributed by atoms with Gasteiger partial charge < -0.3 is 14.2 Å². The molecule has 0 rings (SSSR count). The molecule has 78 heavy (non-hydrogen) atoms. The highest BCUT2D eigenvalue weighted by molar-refractivity contribution is 5.71. The molecule has 0 N–H and O–H groups in total. The van der Waals surface area contributed by atoms with Crippen molar-refractivity contribution in [2.75, 3.05) is 13.2 Å². The van der Waals surface area contributed by atoms with Crippen molar-refractivity contribution in [2.45, 2.75) is 367 Å². The predicted molar refractivity (Wildman–Crippen MR) is 339 cm³/mol. The summed E-state index contributed by atoms with van der Waals surface area (Å²) in [4.78, 5) is 38.2. The zero-order valence-corrected chi connectivity index (χ0v) is 52.2. The Morgan fingerprint density at radius 1 is 0.269 bits per heavy atom. The summed E-state index contributed by atoms with van der Waals surface area (Å²) in [7, 11) is 0. The van der Waals surface area contributed by atoms with E-state index < -0.39 is 6.10 Å². The third-order valence-corrected chi connectivity index (χ3v) is 15.3. The van der Waals surface area contributed by atoms with Crippen LogP contribution in [0.5, 0.6) is 0 Å². The normalized spacial score (nSPS) is 12.4. The molecule has 0 bridgehead atoms. The minimum absolute atomic E-state index is 0.0711. The first kappa shape index (κ1) is 75.1. The summed E-state index contributed by atoms with van der Waals surface area (Å²) in [5, 5.41) is 0. The molecule has 6 heteroatoms. The van der Waals surface area contributed by atoms with Gasteiger partial charge in [0.2, 0.25) is 0 Å². The number of allylic oxidation sites excluding steroid dienone is 10. The molecule has 1 unspecified atom stereocenters. The Kier molecular flexibility index (Phi) is 64.2. The number of hydrogen-bond acceptors (Lipinski definition) is 6. The summed E-state index contributed by atoms with van der Waals surface area (Å²) < 4.78 is 16.9. The monoisotopic (exact) mass is 1090 g/mol. The molecule has 0 amide bonds.